The van der Waals surface area contributed by atoms with Crippen LogP contribution in [0.4, 0.5) is 4.39 Å². The zero-order chi connectivity index (χ0) is 10.4. The molecular weight excluding hydrogens is 177 g/mol. The van der Waals surface area contributed by atoms with Crippen molar-refractivity contribution in [2.45, 2.75) is 25.8 Å². The number of benzene rings is 1. The van der Waals surface area contributed by atoms with Gasteiger partial charge in [0.05, 0.1) is 0 Å². The van der Waals surface area contributed by atoms with Crippen molar-refractivity contribution < 1.29 is 4.39 Å². The molecule has 1 atom stereocenters. The van der Waals surface area contributed by atoms with Crippen LogP contribution in [-0.4, -0.2) is 6.04 Å². The summed E-state index contributed by atoms with van der Waals surface area (Å²) in [4.78, 5) is 0. The van der Waals surface area contributed by atoms with Crippen molar-refractivity contribution in [1.82, 2.24) is 0 Å². The van der Waals surface area contributed by atoms with E-state index in [-0.39, 0.29) is 11.9 Å². The molecule has 0 amide bonds. The third-order valence-electron chi connectivity index (χ3n) is 1.97. The van der Waals surface area contributed by atoms with Gasteiger partial charge >= 0.3 is 0 Å². The molecule has 0 aliphatic heterocycles. The van der Waals surface area contributed by atoms with E-state index in [2.05, 4.69) is 6.08 Å². The van der Waals surface area contributed by atoms with Gasteiger partial charge < -0.3 is 5.73 Å². The Hall–Kier alpha value is -1.15. The van der Waals surface area contributed by atoms with E-state index in [1.807, 2.05) is 13.0 Å². The summed E-state index contributed by atoms with van der Waals surface area (Å²) < 4.78 is 12.5. The van der Waals surface area contributed by atoms with Gasteiger partial charge in [0.25, 0.3) is 0 Å². The highest BCUT2D eigenvalue weighted by molar-refractivity contribution is 5.48. The van der Waals surface area contributed by atoms with Crippen LogP contribution in [0, 0.1) is 5.82 Å². The zero-order valence-electron chi connectivity index (χ0n) is 8.41. The van der Waals surface area contributed by atoms with Crippen molar-refractivity contribution in [3.63, 3.8) is 0 Å². The Labute approximate surface area is 84.4 Å². The molecule has 0 bridgehead atoms. The Kier molecular flexibility index (Phi) is 4.33. The van der Waals surface area contributed by atoms with E-state index in [0.29, 0.717) is 0 Å². The first-order valence-corrected chi connectivity index (χ1v) is 4.86. The minimum atomic E-state index is -0.197. The summed E-state index contributed by atoms with van der Waals surface area (Å²) >= 11 is 0. The molecule has 0 spiro atoms. The lowest BCUT2D eigenvalue weighted by atomic mass is 10.1. The predicted octanol–water partition coefficient (Wildman–Crippen LogP) is 2.97. The fraction of sp³-hybridized carbons (Fsp3) is 0.333. The molecule has 0 saturated heterocycles. The Balaban J connectivity index is 2.40. The van der Waals surface area contributed by atoms with Gasteiger partial charge in [0.2, 0.25) is 0 Å². The van der Waals surface area contributed by atoms with E-state index in [0.717, 1.165) is 18.4 Å². The average molecular weight is 193 g/mol. The normalized spacial score (nSPS) is 13.4. The third kappa shape index (κ3) is 4.19. The zero-order valence-corrected chi connectivity index (χ0v) is 8.41. The summed E-state index contributed by atoms with van der Waals surface area (Å²) in [5.74, 6) is -0.197. The molecule has 0 fully saturated rings. The van der Waals surface area contributed by atoms with Crippen molar-refractivity contribution in [3.8, 4) is 0 Å². The smallest absolute Gasteiger partial charge is 0.123 e. The van der Waals surface area contributed by atoms with Gasteiger partial charge in [0.1, 0.15) is 5.82 Å². The summed E-state index contributed by atoms with van der Waals surface area (Å²) in [6.07, 6.45) is 6.01. The largest absolute Gasteiger partial charge is 0.328 e. The van der Waals surface area contributed by atoms with Gasteiger partial charge in [-0.3, -0.25) is 0 Å². The molecule has 76 valence electrons. The van der Waals surface area contributed by atoms with E-state index >= 15 is 0 Å². The Morgan fingerprint density at radius 1 is 1.36 bits per heavy atom. The average Bonchev–Trinajstić information content (AvgIpc) is 2.15. The molecular formula is C12H16FN. The second-order valence-electron chi connectivity index (χ2n) is 3.51. The topological polar surface area (TPSA) is 26.0 Å². The van der Waals surface area contributed by atoms with Gasteiger partial charge in [0.15, 0.2) is 0 Å². The monoisotopic (exact) mass is 193 g/mol. The lowest BCUT2D eigenvalue weighted by Crippen LogP contribution is -2.13. The van der Waals surface area contributed by atoms with Crippen molar-refractivity contribution in [3.05, 3.63) is 41.7 Å². The number of nitrogens with two attached hydrogens (primary N) is 1. The molecule has 0 radical (unpaired) electrons. The highest BCUT2D eigenvalue weighted by Gasteiger charge is 1.91. The van der Waals surface area contributed by atoms with Gasteiger partial charge in [-0.1, -0.05) is 24.3 Å². The molecule has 0 heterocycles. The van der Waals surface area contributed by atoms with Crippen LogP contribution in [-0.2, 0) is 0 Å². The van der Waals surface area contributed by atoms with Gasteiger partial charge in [-0.2, -0.15) is 0 Å². The minimum absolute atomic E-state index is 0.197. The van der Waals surface area contributed by atoms with Gasteiger partial charge in [0, 0.05) is 6.04 Å². The molecule has 0 aromatic heterocycles. The lowest BCUT2D eigenvalue weighted by Gasteiger charge is -1.99. The maximum Gasteiger partial charge on any atom is 0.123 e. The fourth-order valence-corrected chi connectivity index (χ4v) is 1.15. The molecule has 0 aliphatic rings. The quantitative estimate of drug-likeness (QED) is 0.781. The first-order valence-electron chi connectivity index (χ1n) is 4.86. The molecule has 2 N–H and O–H groups in total. The number of hydrogen-bond acceptors (Lipinski definition) is 1. The molecule has 2 heteroatoms. The van der Waals surface area contributed by atoms with E-state index in [9.17, 15) is 4.39 Å². The summed E-state index contributed by atoms with van der Waals surface area (Å²) in [6, 6.07) is 6.69. The highest BCUT2D eigenvalue weighted by atomic mass is 19.1. The number of hydrogen-bond donors (Lipinski definition) is 1. The van der Waals surface area contributed by atoms with E-state index in [1.165, 1.54) is 12.1 Å². The third-order valence-corrected chi connectivity index (χ3v) is 1.97. The van der Waals surface area contributed by atoms with E-state index in [4.69, 9.17) is 5.73 Å². The highest BCUT2D eigenvalue weighted by Crippen LogP contribution is 2.06. The Bertz CT molecular complexity index is 288. The van der Waals surface area contributed by atoms with Crippen LogP contribution in [0.5, 0.6) is 0 Å². The van der Waals surface area contributed by atoms with Crippen LogP contribution < -0.4 is 5.73 Å². The first-order chi connectivity index (χ1) is 6.68. The van der Waals surface area contributed by atoms with Crippen LogP contribution in [0.3, 0.4) is 0 Å². The van der Waals surface area contributed by atoms with Gasteiger partial charge in [-0.05, 0) is 37.5 Å². The van der Waals surface area contributed by atoms with Crippen molar-refractivity contribution in [2.24, 2.45) is 5.73 Å². The van der Waals surface area contributed by atoms with Crippen molar-refractivity contribution in [2.75, 3.05) is 0 Å². The summed E-state index contributed by atoms with van der Waals surface area (Å²) in [7, 11) is 0. The van der Waals surface area contributed by atoms with Crippen molar-refractivity contribution >= 4 is 6.08 Å². The minimum Gasteiger partial charge on any atom is -0.328 e. The van der Waals surface area contributed by atoms with Crippen LogP contribution in [0.2, 0.25) is 0 Å². The molecule has 1 nitrogen and oxygen atoms in total. The van der Waals surface area contributed by atoms with Crippen LogP contribution in [0.15, 0.2) is 30.3 Å². The molecule has 1 aromatic rings. The maximum atomic E-state index is 12.5. The number of allylic oxidation sites excluding steroid dienone is 1. The van der Waals surface area contributed by atoms with Gasteiger partial charge in [-0.25, -0.2) is 4.39 Å². The van der Waals surface area contributed by atoms with Crippen LogP contribution in [0.25, 0.3) is 6.08 Å². The second kappa shape index (κ2) is 5.55. The van der Waals surface area contributed by atoms with Crippen LogP contribution in [0.1, 0.15) is 25.3 Å². The molecule has 0 unspecified atom stereocenters. The summed E-state index contributed by atoms with van der Waals surface area (Å²) in [6.45, 7) is 1.99. The van der Waals surface area contributed by atoms with E-state index in [1.54, 1.807) is 12.1 Å². The SMILES string of the molecule is C[C@H](N)CC/C=C/c1ccc(F)cc1. The summed E-state index contributed by atoms with van der Waals surface area (Å²) in [5.41, 5.74) is 6.63. The lowest BCUT2D eigenvalue weighted by molar-refractivity contribution is 0.628. The molecule has 0 saturated carbocycles. The van der Waals surface area contributed by atoms with E-state index < -0.39 is 0 Å². The molecule has 1 aromatic carbocycles. The molecule has 1 rings (SSSR count). The Morgan fingerprint density at radius 3 is 2.57 bits per heavy atom. The standard InChI is InChI=1S/C12H16FN/c1-10(14)4-2-3-5-11-6-8-12(13)9-7-11/h3,5-10H,2,4,14H2,1H3/b5-3+/t10-/m0/s1. The Morgan fingerprint density at radius 2 is 2.00 bits per heavy atom. The number of halogens is 1. The maximum absolute atomic E-state index is 12.5. The van der Waals surface area contributed by atoms with Crippen LogP contribution >= 0.6 is 0 Å². The van der Waals surface area contributed by atoms with Gasteiger partial charge in [-0.15, -0.1) is 0 Å². The fourth-order valence-electron chi connectivity index (χ4n) is 1.15. The predicted molar refractivity (Wildman–Crippen MR) is 58.3 cm³/mol. The van der Waals surface area contributed by atoms with Crippen molar-refractivity contribution in [1.29, 1.82) is 0 Å². The number of rotatable bonds is 4. The summed E-state index contributed by atoms with van der Waals surface area (Å²) in [5, 5.41) is 0. The first kappa shape index (κ1) is 10.9. The molecule has 0 aliphatic carbocycles. The molecule has 14 heavy (non-hydrogen) atoms. The second-order valence-corrected chi connectivity index (χ2v) is 3.51.